The van der Waals surface area contributed by atoms with E-state index in [1.165, 1.54) is 6.07 Å². The molecule has 0 bridgehead atoms. The molecule has 1 rings (SSSR count). The van der Waals surface area contributed by atoms with Crippen LogP contribution in [0.5, 0.6) is 0 Å². The van der Waals surface area contributed by atoms with Crippen LogP contribution < -0.4 is 0 Å². The van der Waals surface area contributed by atoms with E-state index < -0.39 is 15.8 Å². The summed E-state index contributed by atoms with van der Waals surface area (Å²) >= 11 is 4.22. The fourth-order valence-electron chi connectivity index (χ4n) is 0.787. The van der Waals surface area contributed by atoms with Crippen molar-refractivity contribution in [1.29, 1.82) is 0 Å². The van der Waals surface area contributed by atoms with Crippen molar-refractivity contribution in [3.8, 4) is 0 Å². The fraction of sp³-hybridized carbons (Fsp3) is 0.286. The van der Waals surface area contributed by atoms with E-state index in [-0.39, 0.29) is 16.4 Å². The lowest BCUT2D eigenvalue weighted by Crippen LogP contribution is -2.09. The maximum Gasteiger partial charge on any atom is 0.304 e. The van der Waals surface area contributed by atoms with Gasteiger partial charge >= 0.3 is 5.97 Å². The van der Waals surface area contributed by atoms with E-state index in [1.54, 1.807) is 6.07 Å². The van der Waals surface area contributed by atoms with Gasteiger partial charge in [0, 0.05) is 0 Å². The number of aliphatic carboxylic acids is 1. The number of hydrogen-bond donors (Lipinski definition) is 1. The third-order valence-electron chi connectivity index (χ3n) is 1.44. The smallest absolute Gasteiger partial charge is 0.304 e. The van der Waals surface area contributed by atoms with Gasteiger partial charge in [-0.2, -0.15) is 0 Å². The first-order valence-electron chi connectivity index (χ1n) is 3.62. The van der Waals surface area contributed by atoms with Crippen LogP contribution in [0.4, 0.5) is 0 Å². The zero-order chi connectivity index (χ0) is 10.8. The predicted octanol–water partition coefficient (Wildman–Crippen LogP) is 1.76. The van der Waals surface area contributed by atoms with Crippen LogP contribution in [-0.2, 0) is 14.6 Å². The molecule has 4 nitrogen and oxygen atoms in total. The largest absolute Gasteiger partial charge is 0.481 e. The van der Waals surface area contributed by atoms with Gasteiger partial charge in [0.25, 0.3) is 0 Å². The molecule has 14 heavy (non-hydrogen) atoms. The molecule has 7 heteroatoms. The molecule has 0 aromatic carbocycles. The second kappa shape index (κ2) is 4.41. The van der Waals surface area contributed by atoms with Crippen LogP contribution in [0.2, 0.25) is 0 Å². The Morgan fingerprint density at radius 2 is 2.14 bits per heavy atom. The Kier molecular flexibility index (Phi) is 3.68. The first-order chi connectivity index (χ1) is 6.42. The van der Waals surface area contributed by atoms with Crippen LogP contribution >= 0.6 is 27.3 Å². The highest BCUT2D eigenvalue weighted by molar-refractivity contribution is 9.11. The van der Waals surface area contributed by atoms with Crippen LogP contribution in [0.25, 0.3) is 0 Å². The molecule has 0 atom stereocenters. The van der Waals surface area contributed by atoms with Crippen molar-refractivity contribution >= 4 is 43.1 Å². The first kappa shape index (κ1) is 11.7. The van der Waals surface area contributed by atoms with Crippen molar-refractivity contribution in [3.63, 3.8) is 0 Å². The number of carboxylic acids is 1. The molecule has 0 aliphatic heterocycles. The van der Waals surface area contributed by atoms with Gasteiger partial charge in [-0.1, -0.05) is 0 Å². The normalized spacial score (nSPS) is 11.5. The van der Waals surface area contributed by atoms with E-state index in [0.717, 1.165) is 11.3 Å². The SMILES string of the molecule is O=C(O)CCS(=O)(=O)c1ccc(Br)s1. The Morgan fingerprint density at radius 1 is 1.50 bits per heavy atom. The summed E-state index contributed by atoms with van der Waals surface area (Å²) in [4.78, 5) is 10.2. The quantitative estimate of drug-likeness (QED) is 0.919. The number of halogens is 1. The number of sulfone groups is 1. The minimum absolute atomic E-state index is 0.200. The highest BCUT2D eigenvalue weighted by Crippen LogP contribution is 2.26. The number of carboxylic acid groups (broad SMARTS) is 1. The van der Waals surface area contributed by atoms with Gasteiger partial charge in [-0.3, -0.25) is 4.79 Å². The topological polar surface area (TPSA) is 71.4 Å². The van der Waals surface area contributed by atoms with Gasteiger partial charge in [-0.25, -0.2) is 8.42 Å². The zero-order valence-electron chi connectivity index (χ0n) is 6.94. The summed E-state index contributed by atoms with van der Waals surface area (Å²) in [5, 5.41) is 8.36. The van der Waals surface area contributed by atoms with Crippen LogP contribution in [0.1, 0.15) is 6.42 Å². The number of thiophene rings is 1. The number of rotatable bonds is 4. The van der Waals surface area contributed by atoms with Gasteiger partial charge in [0.2, 0.25) is 0 Å². The standard InChI is InChI=1S/C7H7BrO4S2/c8-5-1-2-7(13-5)14(11,12)4-3-6(9)10/h1-2H,3-4H2,(H,9,10). The maximum atomic E-state index is 11.5. The third kappa shape index (κ3) is 3.07. The van der Waals surface area contributed by atoms with Gasteiger partial charge in [0.1, 0.15) is 4.21 Å². The van der Waals surface area contributed by atoms with E-state index >= 15 is 0 Å². The van der Waals surface area contributed by atoms with Crippen LogP contribution in [0, 0.1) is 0 Å². The van der Waals surface area contributed by atoms with Crippen LogP contribution in [-0.4, -0.2) is 25.2 Å². The number of carbonyl (C=O) groups is 1. The van der Waals surface area contributed by atoms with Crippen molar-refractivity contribution in [2.24, 2.45) is 0 Å². The molecule has 0 fully saturated rings. The summed E-state index contributed by atoms with van der Waals surface area (Å²) in [6, 6.07) is 3.09. The molecule has 1 aromatic heterocycles. The molecular weight excluding hydrogens is 292 g/mol. The van der Waals surface area contributed by atoms with Gasteiger partial charge in [0.05, 0.1) is 16.0 Å². The van der Waals surface area contributed by atoms with Crippen LogP contribution in [0.3, 0.4) is 0 Å². The molecule has 0 saturated carbocycles. The van der Waals surface area contributed by atoms with Gasteiger partial charge in [-0.15, -0.1) is 11.3 Å². The first-order valence-corrected chi connectivity index (χ1v) is 6.88. The highest BCUT2D eigenvalue weighted by atomic mass is 79.9. The van der Waals surface area contributed by atoms with Gasteiger partial charge < -0.3 is 5.11 Å². The second-order valence-electron chi connectivity index (χ2n) is 2.52. The molecule has 0 aliphatic carbocycles. The Morgan fingerprint density at radius 3 is 2.57 bits per heavy atom. The second-order valence-corrected chi connectivity index (χ2v) is 7.32. The van der Waals surface area contributed by atoms with Crippen molar-refractivity contribution in [1.82, 2.24) is 0 Å². The summed E-state index contributed by atoms with van der Waals surface area (Å²) in [6.07, 6.45) is -0.363. The Labute approximate surface area is 93.6 Å². The minimum atomic E-state index is -3.43. The molecule has 1 heterocycles. The molecule has 0 amide bonds. The Bertz CT molecular complexity index is 434. The molecule has 0 aliphatic rings. The van der Waals surface area contributed by atoms with Crippen molar-refractivity contribution < 1.29 is 18.3 Å². The molecule has 0 spiro atoms. The van der Waals surface area contributed by atoms with Crippen molar-refractivity contribution in [2.45, 2.75) is 10.6 Å². The predicted molar refractivity (Wildman–Crippen MR) is 56.3 cm³/mol. The molecule has 78 valence electrons. The minimum Gasteiger partial charge on any atom is -0.481 e. The summed E-state index contributed by atoms with van der Waals surface area (Å²) < 4.78 is 23.9. The molecule has 1 aromatic rings. The van der Waals surface area contributed by atoms with Crippen LogP contribution in [0.15, 0.2) is 20.1 Å². The monoisotopic (exact) mass is 298 g/mol. The molecule has 1 N–H and O–H groups in total. The number of hydrogen-bond acceptors (Lipinski definition) is 4. The lowest BCUT2D eigenvalue weighted by molar-refractivity contribution is -0.136. The molecule has 0 saturated heterocycles. The van der Waals surface area contributed by atoms with Crippen molar-refractivity contribution in [2.75, 3.05) is 5.75 Å². The van der Waals surface area contributed by atoms with Crippen molar-refractivity contribution in [3.05, 3.63) is 15.9 Å². The molecule has 0 radical (unpaired) electrons. The van der Waals surface area contributed by atoms with E-state index in [4.69, 9.17) is 5.11 Å². The molecule has 0 unspecified atom stereocenters. The van der Waals surface area contributed by atoms with E-state index in [2.05, 4.69) is 15.9 Å². The average Bonchev–Trinajstić information content (AvgIpc) is 2.49. The van der Waals surface area contributed by atoms with E-state index in [9.17, 15) is 13.2 Å². The summed E-state index contributed by atoms with van der Waals surface area (Å²) in [7, 11) is -3.43. The summed E-state index contributed by atoms with van der Waals surface area (Å²) in [5.74, 6) is -1.46. The lowest BCUT2D eigenvalue weighted by Gasteiger charge is -1.97. The lowest BCUT2D eigenvalue weighted by atomic mass is 10.5. The third-order valence-corrected chi connectivity index (χ3v) is 5.36. The fourth-order valence-corrected chi connectivity index (χ4v) is 4.18. The van der Waals surface area contributed by atoms with Gasteiger partial charge in [0.15, 0.2) is 9.84 Å². The summed E-state index contributed by atoms with van der Waals surface area (Å²) in [6.45, 7) is 0. The summed E-state index contributed by atoms with van der Waals surface area (Å²) in [5.41, 5.74) is 0. The average molecular weight is 299 g/mol. The van der Waals surface area contributed by atoms with E-state index in [0.29, 0.717) is 3.79 Å². The van der Waals surface area contributed by atoms with Gasteiger partial charge in [-0.05, 0) is 28.1 Å². The Balaban J connectivity index is 2.81. The Hall–Kier alpha value is -0.400. The van der Waals surface area contributed by atoms with E-state index in [1.807, 2.05) is 0 Å². The highest BCUT2D eigenvalue weighted by Gasteiger charge is 2.17. The maximum absolute atomic E-state index is 11.5. The molecular formula is C7H7BrO4S2. The zero-order valence-corrected chi connectivity index (χ0v) is 10.2.